The Labute approximate surface area is 181 Å². The molecule has 3 rings (SSSR count). The number of amides is 1. The normalized spacial score (nSPS) is 11.0. The highest BCUT2D eigenvalue weighted by molar-refractivity contribution is 7.92. The molecule has 0 saturated heterocycles. The summed E-state index contributed by atoms with van der Waals surface area (Å²) in [5.74, 6) is 1.39. The van der Waals surface area contributed by atoms with Gasteiger partial charge in [0.25, 0.3) is 15.9 Å². The van der Waals surface area contributed by atoms with Crippen molar-refractivity contribution in [3.05, 3.63) is 72.2 Å². The lowest BCUT2D eigenvalue weighted by Gasteiger charge is -2.12. The Bertz CT molecular complexity index is 1110. The van der Waals surface area contributed by atoms with Crippen molar-refractivity contribution >= 4 is 21.6 Å². The Morgan fingerprint density at radius 2 is 1.74 bits per heavy atom. The largest absolute Gasteiger partial charge is 0.493 e. The second-order valence-corrected chi connectivity index (χ2v) is 8.32. The molecule has 1 aromatic heterocycles. The Hall–Kier alpha value is -3.46. The number of nitrogens with one attached hydrogen (secondary N) is 2. The third-order valence-corrected chi connectivity index (χ3v) is 5.91. The van der Waals surface area contributed by atoms with Gasteiger partial charge in [0.15, 0.2) is 11.5 Å². The molecule has 0 unspecified atom stereocenters. The maximum absolute atomic E-state index is 12.7. The van der Waals surface area contributed by atoms with Crippen LogP contribution in [0, 0.1) is 0 Å². The highest BCUT2D eigenvalue weighted by Gasteiger charge is 2.17. The quantitative estimate of drug-likeness (QED) is 0.464. The van der Waals surface area contributed by atoms with E-state index in [1.807, 2.05) is 12.1 Å². The van der Waals surface area contributed by atoms with Gasteiger partial charge in [-0.2, -0.15) is 0 Å². The summed E-state index contributed by atoms with van der Waals surface area (Å²) >= 11 is 0. The van der Waals surface area contributed by atoms with Gasteiger partial charge in [-0.15, -0.1) is 0 Å². The number of benzene rings is 2. The number of aryl methyl sites for hydroxylation is 1. The molecular formula is C22H24N2O6S. The first-order valence-corrected chi connectivity index (χ1v) is 11.1. The minimum Gasteiger partial charge on any atom is -0.493 e. The molecule has 3 aromatic rings. The van der Waals surface area contributed by atoms with Crippen molar-refractivity contribution in [2.75, 3.05) is 25.5 Å². The van der Waals surface area contributed by atoms with Gasteiger partial charge in [0.2, 0.25) is 0 Å². The van der Waals surface area contributed by atoms with Crippen LogP contribution in [0.3, 0.4) is 0 Å². The number of ether oxygens (including phenoxy) is 2. The molecule has 0 fully saturated rings. The Kier molecular flexibility index (Phi) is 7.19. The molecule has 8 nitrogen and oxygen atoms in total. The zero-order valence-corrected chi connectivity index (χ0v) is 18.1. The van der Waals surface area contributed by atoms with Crippen molar-refractivity contribution < 1.29 is 27.1 Å². The van der Waals surface area contributed by atoms with Crippen LogP contribution in [-0.2, 0) is 16.4 Å². The topological polar surface area (TPSA) is 107 Å². The van der Waals surface area contributed by atoms with Crippen LogP contribution in [0.25, 0.3) is 0 Å². The van der Waals surface area contributed by atoms with Crippen molar-refractivity contribution in [2.24, 2.45) is 0 Å². The molecule has 0 aliphatic rings. The highest BCUT2D eigenvalue weighted by atomic mass is 32.2. The lowest BCUT2D eigenvalue weighted by Crippen LogP contribution is -2.24. The molecule has 0 atom stereocenters. The number of hydrogen-bond donors (Lipinski definition) is 2. The summed E-state index contributed by atoms with van der Waals surface area (Å²) in [6.45, 7) is 0.507. The number of hydrogen-bond acceptors (Lipinski definition) is 6. The molecular weight excluding hydrogens is 420 g/mol. The monoisotopic (exact) mass is 444 g/mol. The van der Waals surface area contributed by atoms with Crippen molar-refractivity contribution in [3.8, 4) is 11.5 Å². The Balaban J connectivity index is 1.58. The predicted molar refractivity (Wildman–Crippen MR) is 116 cm³/mol. The molecule has 9 heteroatoms. The van der Waals surface area contributed by atoms with Crippen LogP contribution in [0.1, 0.15) is 22.5 Å². The first kappa shape index (κ1) is 22.2. The summed E-state index contributed by atoms with van der Waals surface area (Å²) in [6, 6.07) is 14.2. The van der Waals surface area contributed by atoms with E-state index in [1.165, 1.54) is 44.6 Å². The molecule has 2 aromatic carbocycles. The Morgan fingerprint density at radius 3 is 2.39 bits per heavy atom. The second-order valence-electron chi connectivity index (χ2n) is 6.64. The van der Waals surface area contributed by atoms with E-state index in [2.05, 4.69) is 10.0 Å². The molecule has 0 bridgehead atoms. The number of carbonyl (C=O) groups excluding carboxylic acids is 1. The van der Waals surface area contributed by atoms with E-state index in [4.69, 9.17) is 13.9 Å². The molecule has 0 spiro atoms. The van der Waals surface area contributed by atoms with E-state index in [9.17, 15) is 13.2 Å². The van der Waals surface area contributed by atoms with E-state index in [0.717, 1.165) is 18.6 Å². The zero-order chi connectivity index (χ0) is 22.3. The minimum atomic E-state index is -3.84. The molecule has 0 aliphatic heterocycles. The predicted octanol–water partition coefficient (Wildman–Crippen LogP) is 3.46. The molecule has 0 radical (unpaired) electrons. The van der Waals surface area contributed by atoms with Crippen LogP contribution in [0.2, 0.25) is 0 Å². The minimum absolute atomic E-state index is 0.0310. The standard InChI is InChI=1S/C22H24N2O6S/c1-28-20-12-11-19(15-21(20)29-2)31(26,27)24-17-9-7-16(8-10-17)22(25)23-13-3-5-18-6-4-14-30-18/h4,6-12,14-15,24H,3,5,13H2,1-2H3,(H,23,25). The number of rotatable bonds is 10. The summed E-state index contributed by atoms with van der Waals surface area (Å²) in [5.41, 5.74) is 0.774. The summed E-state index contributed by atoms with van der Waals surface area (Å²) in [6.07, 6.45) is 3.11. The van der Waals surface area contributed by atoms with Crippen LogP contribution in [0.15, 0.2) is 70.2 Å². The van der Waals surface area contributed by atoms with Gasteiger partial charge in [-0.25, -0.2) is 8.42 Å². The SMILES string of the molecule is COc1ccc(S(=O)(=O)Nc2ccc(C(=O)NCCCc3ccco3)cc2)cc1OC. The van der Waals surface area contributed by atoms with Gasteiger partial charge in [-0.3, -0.25) is 9.52 Å². The number of furan rings is 1. The van der Waals surface area contributed by atoms with E-state index in [0.29, 0.717) is 29.3 Å². The van der Waals surface area contributed by atoms with Crippen LogP contribution in [0.4, 0.5) is 5.69 Å². The average Bonchev–Trinajstić information content (AvgIpc) is 3.30. The first-order valence-electron chi connectivity index (χ1n) is 9.58. The van der Waals surface area contributed by atoms with E-state index >= 15 is 0 Å². The molecule has 2 N–H and O–H groups in total. The summed E-state index contributed by atoms with van der Waals surface area (Å²) < 4.78 is 43.4. The van der Waals surface area contributed by atoms with E-state index in [-0.39, 0.29) is 10.8 Å². The van der Waals surface area contributed by atoms with E-state index in [1.54, 1.807) is 18.4 Å². The molecule has 0 aliphatic carbocycles. The lowest BCUT2D eigenvalue weighted by molar-refractivity contribution is 0.0953. The smallest absolute Gasteiger partial charge is 0.262 e. The molecule has 0 saturated carbocycles. The van der Waals surface area contributed by atoms with Crippen LogP contribution < -0.4 is 19.5 Å². The summed E-state index contributed by atoms with van der Waals surface area (Å²) in [7, 11) is -0.932. The second kappa shape index (κ2) is 10.0. The Morgan fingerprint density at radius 1 is 1.00 bits per heavy atom. The fraction of sp³-hybridized carbons (Fsp3) is 0.227. The van der Waals surface area contributed by atoms with Gasteiger partial charge in [-0.05, 0) is 55.0 Å². The van der Waals surface area contributed by atoms with Crippen molar-refractivity contribution in [1.82, 2.24) is 5.32 Å². The summed E-state index contributed by atoms with van der Waals surface area (Å²) in [5, 5.41) is 2.83. The molecule has 1 amide bonds. The lowest BCUT2D eigenvalue weighted by atomic mass is 10.2. The van der Waals surface area contributed by atoms with Gasteiger partial charge in [-0.1, -0.05) is 0 Å². The maximum Gasteiger partial charge on any atom is 0.262 e. The van der Waals surface area contributed by atoms with Crippen LogP contribution in [-0.4, -0.2) is 35.1 Å². The zero-order valence-electron chi connectivity index (χ0n) is 17.3. The summed E-state index contributed by atoms with van der Waals surface area (Å²) in [4.78, 5) is 12.3. The average molecular weight is 445 g/mol. The maximum atomic E-state index is 12.7. The van der Waals surface area contributed by atoms with Crippen molar-refractivity contribution in [1.29, 1.82) is 0 Å². The van der Waals surface area contributed by atoms with Gasteiger partial charge in [0.1, 0.15) is 5.76 Å². The van der Waals surface area contributed by atoms with Gasteiger partial charge < -0.3 is 19.2 Å². The van der Waals surface area contributed by atoms with Gasteiger partial charge in [0, 0.05) is 30.3 Å². The molecule has 31 heavy (non-hydrogen) atoms. The molecule has 164 valence electrons. The number of sulfonamides is 1. The van der Waals surface area contributed by atoms with Gasteiger partial charge in [0.05, 0.1) is 25.4 Å². The number of methoxy groups -OCH3 is 2. The first-order chi connectivity index (χ1) is 14.9. The fourth-order valence-electron chi connectivity index (χ4n) is 2.91. The third-order valence-electron chi connectivity index (χ3n) is 4.53. The molecule has 1 heterocycles. The van der Waals surface area contributed by atoms with Crippen LogP contribution >= 0.6 is 0 Å². The number of anilines is 1. The van der Waals surface area contributed by atoms with E-state index < -0.39 is 10.0 Å². The third kappa shape index (κ3) is 5.79. The van der Waals surface area contributed by atoms with Gasteiger partial charge >= 0.3 is 0 Å². The number of carbonyl (C=O) groups is 1. The van der Waals surface area contributed by atoms with Crippen molar-refractivity contribution in [2.45, 2.75) is 17.7 Å². The van der Waals surface area contributed by atoms with Crippen LogP contribution in [0.5, 0.6) is 11.5 Å². The fourth-order valence-corrected chi connectivity index (χ4v) is 3.98. The highest BCUT2D eigenvalue weighted by Crippen LogP contribution is 2.30. The van der Waals surface area contributed by atoms with Crippen molar-refractivity contribution in [3.63, 3.8) is 0 Å².